The van der Waals surface area contributed by atoms with Crippen molar-refractivity contribution in [2.45, 2.75) is 51.5 Å². The zero-order valence-electron chi connectivity index (χ0n) is 13.5. The Hall–Kier alpha value is 0.270. The highest BCUT2D eigenvalue weighted by atomic mass is 32.2. The maximum atomic E-state index is 6.31. The quantitative estimate of drug-likeness (QED) is 0.864. The summed E-state index contributed by atoms with van der Waals surface area (Å²) >= 11 is 2.11. The van der Waals surface area contributed by atoms with E-state index >= 15 is 0 Å². The van der Waals surface area contributed by atoms with Crippen LogP contribution in [0.1, 0.15) is 46.0 Å². The highest BCUT2D eigenvalue weighted by molar-refractivity contribution is 7.99. The van der Waals surface area contributed by atoms with Crippen LogP contribution >= 0.6 is 11.8 Å². The third-order valence-corrected chi connectivity index (χ3v) is 8.11. The number of likely N-dealkylation sites (N-methyl/N-ethyl adjacent to an activating group) is 1. The molecule has 2 nitrogen and oxygen atoms in total. The Balaban J connectivity index is 1.71. The first-order valence-corrected chi connectivity index (χ1v) is 9.63. The van der Waals surface area contributed by atoms with Crippen LogP contribution in [0.3, 0.4) is 0 Å². The first-order valence-electron chi connectivity index (χ1n) is 8.47. The standard InChI is InChI=1S/C17H32N2S/c1-16(2)6-7-20-12-17(16,11-18)19(3)10-15-9-13-4-5-14(15)8-13/h13-15H,4-12,18H2,1-3H3. The fourth-order valence-corrected chi connectivity index (χ4v) is 7.11. The summed E-state index contributed by atoms with van der Waals surface area (Å²) < 4.78 is 0. The van der Waals surface area contributed by atoms with Gasteiger partial charge in [0.15, 0.2) is 0 Å². The molecule has 0 aromatic heterocycles. The van der Waals surface area contributed by atoms with Gasteiger partial charge in [0.25, 0.3) is 0 Å². The molecule has 2 N–H and O–H groups in total. The molecule has 0 aromatic carbocycles. The van der Waals surface area contributed by atoms with E-state index in [1.165, 1.54) is 50.2 Å². The minimum Gasteiger partial charge on any atom is -0.329 e. The first kappa shape index (κ1) is 15.2. The van der Waals surface area contributed by atoms with Gasteiger partial charge in [-0.2, -0.15) is 11.8 Å². The maximum absolute atomic E-state index is 6.31. The van der Waals surface area contributed by atoms with Crippen LogP contribution < -0.4 is 5.73 Å². The van der Waals surface area contributed by atoms with Gasteiger partial charge in [-0.1, -0.05) is 20.3 Å². The smallest absolute Gasteiger partial charge is 0.0470 e. The lowest BCUT2D eigenvalue weighted by Gasteiger charge is -2.55. The molecule has 20 heavy (non-hydrogen) atoms. The zero-order chi connectivity index (χ0) is 14.4. The molecule has 1 heterocycles. The molecule has 116 valence electrons. The van der Waals surface area contributed by atoms with E-state index in [9.17, 15) is 0 Å². The van der Waals surface area contributed by atoms with Gasteiger partial charge in [-0.25, -0.2) is 0 Å². The van der Waals surface area contributed by atoms with Crippen LogP contribution in [0.25, 0.3) is 0 Å². The van der Waals surface area contributed by atoms with E-state index < -0.39 is 0 Å². The highest BCUT2D eigenvalue weighted by Gasteiger charge is 2.50. The molecule has 3 aliphatic rings. The van der Waals surface area contributed by atoms with Gasteiger partial charge in [-0.05, 0) is 61.7 Å². The molecular formula is C17H32N2S. The summed E-state index contributed by atoms with van der Waals surface area (Å²) in [6.45, 7) is 6.97. The van der Waals surface area contributed by atoms with Crippen molar-refractivity contribution in [1.82, 2.24) is 4.90 Å². The summed E-state index contributed by atoms with van der Waals surface area (Å²) in [5, 5.41) is 0. The van der Waals surface area contributed by atoms with Crippen molar-refractivity contribution in [3.05, 3.63) is 0 Å². The molecule has 0 aromatic rings. The van der Waals surface area contributed by atoms with E-state index in [2.05, 4.69) is 37.6 Å². The minimum absolute atomic E-state index is 0.206. The van der Waals surface area contributed by atoms with Crippen molar-refractivity contribution in [3.63, 3.8) is 0 Å². The summed E-state index contributed by atoms with van der Waals surface area (Å²) in [4.78, 5) is 2.67. The SMILES string of the molecule is CN(CC1CC2CCC1C2)C1(CN)CSCCC1(C)C. The molecule has 0 radical (unpaired) electrons. The van der Waals surface area contributed by atoms with Crippen LogP contribution in [0.2, 0.25) is 0 Å². The second kappa shape index (κ2) is 5.48. The second-order valence-electron chi connectivity index (χ2n) is 8.24. The molecule has 2 aliphatic carbocycles. The molecule has 1 aliphatic heterocycles. The summed E-state index contributed by atoms with van der Waals surface area (Å²) in [7, 11) is 2.35. The Bertz CT molecular complexity index is 357. The normalized spacial score (nSPS) is 43.4. The lowest BCUT2D eigenvalue weighted by molar-refractivity contribution is 0.00491. The van der Waals surface area contributed by atoms with Crippen LogP contribution in [0, 0.1) is 23.2 Å². The number of rotatable bonds is 4. The van der Waals surface area contributed by atoms with Crippen molar-refractivity contribution in [1.29, 1.82) is 0 Å². The van der Waals surface area contributed by atoms with Crippen molar-refractivity contribution < 1.29 is 0 Å². The molecule has 3 heteroatoms. The molecule has 3 rings (SSSR count). The Morgan fingerprint density at radius 2 is 2.05 bits per heavy atom. The van der Waals surface area contributed by atoms with Gasteiger partial charge < -0.3 is 5.73 Å². The Morgan fingerprint density at radius 1 is 1.25 bits per heavy atom. The maximum Gasteiger partial charge on any atom is 0.0470 e. The van der Waals surface area contributed by atoms with Gasteiger partial charge in [0.1, 0.15) is 0 Å². The van der Waals surface area contributed by atoms with E-state index in [-0.39, 0.29) is 5.54 Å². The van der Waals surface area contributed by atoms with Crippen LogP contribution in [0.4, 0.5) is 0 Å². The van der Waals surface area contributed by atoms with E-state index in [1.807, 2.05) is 0 Å². The van der Waals surface area contributed by atoms with Crippen LogP contribution in [-0.2, 0) is 0 Å². The molecule has 0 amide bonds. The predicted octanol–water partition coefficient (Wildman–Crippen LogP) is 3.22. The number of nitrogens with zero attached hydrogens (tertiary/aromatic N) is 1. The fraction of sp³-hybridized carbons (Fsp3) is 1.00. The van der Waals surface area contributed by atoms with Crippen LogP contribution in [-0.4, -0.2) is 42.1 Å². The largest absolute Gasteiger partial charge is 0.329 e. The minimum atomic E-state index is 0.206. The predicted molar refractivity (Wildman–Crippen MR) is 89.1 cm³/mol. The lowest BCUT2D eigenvalue weighted by atomic mass is 9.69. The second-order valence-corrected chi connectivity index (χ2v) is 9.34. The molecular weight excluding hydrogens is 264 g/mol. The van der Waals surface area contributed by atoms with E-state index in [0.717, 1.165) is 24.3 Å². The number of nitrogens with two attached hydrogens (primary N) is 1. The van der Waals surface area contributed by atoms with Crippen molar-refractivity contribution in [2.24, 2.45) is 28.9 Å². The molecule has 0 spiro atoms. The van der Waals surface area contributed by atoms with Crippen molar-refractivity contribution >= 4 is 11.8 Å². The topological polar surface area (TPSA) is 29.3 Å². The number of thioether (sulfide) groups is 1. The van der Waals surface area contributed by atoms with Crippen LogP contribution in [0.15, 0.2) is 0 Å². The summed E-state index contributed by atoms with van der Waals surface area (Å²) in [5.74, 6) is 5.55. The first-order chi connectivity index (χ1) is 9.48. The number of hydrogen-bond acceptors (Lipinski definition) is 3. The fourth-order valence-electron chi connectivity index (χ4n) is 5.24. The van der Waals surface area contributed by atoms with Gasteiger partial charge in [0.05, 0.1) is 0 Å². The molecule has 1 saturated heterocycles. The Kier molecular flexibility index (Phi) is 4.16. The van der Waals surface area contributed by atoms with Gasteiger partial charge in [-0.15, -0.1) is 0 Å². The van der Waals surface area contributed by atoms with Gasteiger partial charge in [0.2, 0.25) is 0 Å². The molecule has 3 fully saturated rings. The molecule has 4 atom stereocenters. The van der Waals surface area contributed by atoms with Gasteiger partial charge in [-0.3, -0.25) is 4.90 Å². The summed E-state index contributed by atoms with van der Waals surface area (Å²) in [6.07, 6.45) is 7.32. The van der Waals surface area contributed by atoms with Crippen LogP contribution in [0.5, 0.6) is 0 Å². The average Bonchev–Trinajstić information content (AvgIpc) is 3.00. The van der Waals surface area contributed by atoms with E-state index in [4.69, 9.17) is 5.73 Å². The average molecular weight is 297 g/mol. The third-order valence-electron chi connectivity index (χ3n) is 6.93. The molecule has 2 bridgehead atoms. The van der Waals surface area contributed by atoms with E-state index in [1.54, 1.807) is 0 Å². The third kappa shape index (κ3) is 2.34. The van der Waals surface area contributed by atoms with Gasteiger partial charge >= 0.3 is 0 Å². The number of fused-ring (bicyclic) bond motifs is 2. The van der Waals surface area contributed by atoms with Crippen molar-refractivity contribution in [3.8, 4) is 0 Å². The van der Waals surface area contributed by atoms with E-state index in [0.29, 0.717) is 5.41 Å². The van der Waals surface area contributed by atoms with Gasteiger partial charge in [0, 0.05) is 24.4 Å². The zero-order valence-corrected chi connectivity index (χ0v) is 14.3. The summed E-state index contributed by atoms with van der Waals surface area (Å²) in [6, 6.07) is 0. The highest BCUT2D eigenvalue weighted by Crippen LogP contribution is 2.50. The van der Waals surface area contributed by atoms with Crippen molar-refractivity contribution in [2.75, 3.05) is 31.6 Å². The molecule has 4 unspecified atom stereocenters. The monoisotopic (exact) mass is 296 g/mol. The lowest BCUT2D eigenvalue weighted by Crippen LogP contribution is -2.65. The Morgan fingerprint density at radius 3 is 2.60 bits per heavy atom. The Labute approximate surface area is 129 Å². The summed E-state index contributed by atoms with van der Waals surface area (Å²) in [5.41, 5.74) is 6.86. The molecule has 2 saturated carbocycles. The number of hydrogen-bond donors (Lipinski definition) is 1.